The molecule has 1 saturated carbocycles. The van der Waals surface area contributed by atoms with Crippen LogP contribution in [0.1, 0.15) is 43.6 Å². The molecule has 0 heterocycles. The number of nitrogens with zero attached hydrogens (tertiary/aromatic N) is 1. The first-order valence-electron chi connectivity index (χ1n) is 8.45. The van der Waals surface area contributed by atoms with Crippen LogP contribution >= 0.6 is 0 Å². The number of amides is 1. The number of carbonyl (C=O) groups excluding carboxylic acids is 1. The summed E-state index contributed by atoms with van der Waals surface area (Å²) in [6.07, 6.45) is 5.73. The van der Waals surface area contributed by atoms with Gasteiger partial charge >= 0.3 is 6.09 Å². The van der Waals surface area contributed by atoms with Gasteiger partial charge in [0.15, 0.2) is 0 Å². The number of nitro benzene ring substituents is 1. The van der Waals surface area contributed by atoms with Crippen LogP contribution in [-0.2, 0) is 0 Å². The van der Waals surface area contributed by atoms with Crippen molar-refractivity contribution in [3.63, 3.8) is 0 Å². The topological polar surface area (TPSA) is 81.5 Å². The number of hydrogen-bond donors (Lipinski definition) is 1. The fraction of sp³-hybridized carbons (Fsp3) is 0.316. The Balaban J connectivity index is 1.56. The lowest BCUT2D eigenvalue weighted by Crippen LogP contribution is -2.16. The first-order chi connectivity index (χ1) is 12.1. The molecule has 1 fully saturated rings. The van der Waals surface area contributed by atoms with Crippen LogP contribution < -0.4 is 10.1 Å². The third kappa shape index (κ3) is 4.56. The lowest BCUT2D eigenvalue weighted by molar-refractivity contribution is -0.384. The largest absolute Gasteiger partial charge is 0.417 e. The van der Waals surface area contributed by atoms with Crippen molar-refractivity contribution in [2.24, 2.45) is 0 Å². The third-order valence-corrected chi connectivity index (χ3v) is 4.49. The summed E-state index contributed by atoms with van der Waals surface area (Å²) in [6, 6.07) is 13.2. The average molecular weight is 340 g/mol. The minimum absolute atomic E-state index is 0.0499. The van der Waals surface area contributed by atoms with E-state index in [4.69, 9.17) is 4.74 Å². The van der Waals surface area contributed by atoms with Crippen LogP contribution in [0, 0.1) is 10.1 Å². The van der Waals surface area contributed by atoms with Crippen molar-refractivity contribution < 1.29 is 14.5 Å². The molecule has 1 amide bonds. The van der Waals surface area contributed by atoms with Gasteiger partial charge in [-0.25, -0.2) is 4.79 Å². The summed E-state index contributed by atoms with van der Waals surface area (Å²) in [5.74, 6) is 0.872. The molecule has 2 aromatic carbocycles. The zero-order valence-corrected chi connectivity index (χ0v) is 13.8. The van der Waals surface area contributed by atoms with Crippen molar-refractivity contribution in [1.82, 2.24) is 0 Å². The van der Waals surface area contributed by atoms with Gasteiger partial charge in [-0.3, -0.25) is 15.4 Å². The second kappa shape index (κ2) is 7.79. The molecule has 1 aliphatic carbocycles. The standard InChI is InChI=1S/C19H20N2O4/c22-19(25-18-12-10-17(11-13-18)21(23)24)20-16-8-6-15(7-9-16)14-4-2-1-3-5-14/h6-14H,1-5H2,(H,20,22). The lowest BCUT2D eigenvalue weighted by Gasteiger charge is -2.22. The van der Waals surface area contributed by atoms with E-state index in [1.54, 1.807) is 0 Å². The summed E-state index contributed by atoms with van der Waals surface area (Å²) in [6.45, 7) is 0. The van der Waals surface area contributed by atoms with Crippen molar-refractivity contribution in [1.29, 1.82) is 0 Å². The van der Waals surface area contributed by atoms with E-state index in [2.05, 4.69) is 17.4 Å². The summed E-state index contributed by atoms with van der Waals surface area (Å²) < 4.78 is 5.13. The van der Waals surface area contributed by atoms with E-state index in [1.807, 2.05) is 12.1 Å². The van der Waals surface area contributed by atoms with E-state index in [9.17, 15) is 14.9 Å². The molecule has 0 aliphatic heterocycles. The monoisotopic (exact) mass is 340 g/mol. The first-order valence-corrected chi connectivity index (χ1v) is 8.45. The number of ether oxygens (including phenoxy) is 1. The first kappa shape index (κ1) is 17.0. The van der Waals surface area contributed by atoms with E-state index in [0.29, 0.717) is 11.6 Å². The number of anilines is 1. The van der Waals surface area contributed by atoms with E-state index in [1.165, 1.54) is 61.9 Å². The number of hydrogen-bond acceptors (Lipinski definition) is 4. The Bertz CT molecular complexity index is 735. The summed E-state index contributed by atoms with van der Waals surface area (Å²) in [4.78, 5) is 22.0. The quantitative estimate of drug-likeness (QED) is 0.608. The van der Waals surface area contributed by atoms with Gasteiger partial charge in [0, 0.05) is 17.8 Å². The number of non-ortho nitro benzene ring substituents is 1. The number of benzene rings is 2. The molecular formula is C19H20N2O4. The number of nitrogens with one attached hydrogen (secondary N) is 1. The minimum Gasteiger partial charge on any atom is -0.410 e. The Morgan fingerprint density at radius 3 is 2.24 bits per heavy atom. The molecule has 1 aliphatic rings. The maximum absolute atomic E-state index is 11.9. The second-order valence-electron chi connectivity index (χ2n) is 6.22. The van der Waals surface area contributed by atoms with Gasteiger partial charge in [-0.2, -0.15) is 0 Å². The summed E-state index contributed by atoms with van der Waals surface area (Å²) in [7, 11) is 0. The van der Waals surface area contributed by atoms with Crippen molar-refractivity contribution in [3.05, 3.63) is 64.2 Å². The Hall–Kier alpha value is -2.89. The van der Waals surface area contributed by atoms with E-state index in [-0.39, 0.29) is 11.4 Å². The van der Waals surface area contributed by atoms with E-state index >= 15 is 0 Å². The predicted octanol–water partition coefficient (Wildman–Crippen LogP) is 5.25. The van der Waals surface area contributed by atoms with E-state index in [0.717, 1.165) is 0 Å². The van der Waals surface area contributed by atoms with Gasteiger partial charge in [-0.15, -0.1) is 0 Å². The van der Waals surface area contributed by atoms with Crippen LogP contribution in [0.3, 0.4) is 0 Å². The highest BCUT2D eigenvalue weighted by Gasteiger charge is 2.15. The highest BCUT2D eigenvalue weighted by atomic mass is 16.6. The minimum atomic E-state index is -0.626. The second-order valence-corrected chi connectivity index (χ2v) is 6.22. The van der Waals surface area contributed by atoms with Gasteiger partial charge in [-0.1, -0.05) is 31.4 Å². The molecule has 130 valence electrons. The molecule has 2 aromatic rings. The number of carbonyl (C=O) groups is 1. The molecule has 0 unspecified atom stereocenters. The zero-order chi connectivity index (χ0) is 17.6. The summed E-state index contributed by atoms with van der Waals surface area (Å²) >= 11 is 0. The lowest BCUT2D eigenvalue weighted by atomic mass is 9.84. The molecule has 6 nitrogen and oxygen atoms in total. The molecule has 6 heteroatoms. The normalized spacial score (nSPS) is 14.7. The maximum atomic E-state index is 11.9. The van der Waals surface area contributed by atoms with Crippen molar-refractivity contribution in [2.75, 3.05) is 5.32 Å². The van der Waals surface area contributed by atoms with Gasteiger partial charge in [0.2, 0.25) is 0 Å². The third-order valence-electron chi connectivity index (χ3n) is 4.49. The van der Waals surface area contributed by atoms with Crippen LogP contribution in [-0.4, -0.2) is 11.0 Å². The number of rotatable bonds is 4. The Morgan fingerprint density at radius 1 is 1.00 bits per heavy atom. The average Bonchev–Trinajstić information content (AvgIpc) is 2.63. The molecule has 0 spiro atoms. The fourth-order valence-electron chi connectivity index (χ4n) is 3.16. The van der Waals surface area contributed by atoms with Crippen LogP contribution in [0.5, 0.6) is 5.75 Å². The van der Waals surface area contributed by atoms with Crippen LogP contribution in [0.2, 0.25) is 0 Å². The van der Waals surface area contributed by atoms with Crippen molar-refractivity contribution in [3.8, 4) is 5.75 Å². The molecule has 0 radical (unpaired) electrons. The molecule has 0 aromatic heterocycles. The predicted molar refractivity (Wildman–Crippen MR) is 95.0 cm³/mol. The zero-order valence-electron chi connectivity index (χ0n) is 13.8. The molecule has 3 rings (SSSR count). The molecule has 0 saturated heterocycles. The molecule has 0 bridgehead atoms. The van der Waals surface area contributed by atoms with Crippen LogP contribution in [0.15, 0.2) is 48.5 Å². The van der Waals surface area contributed by atoms with Gasteiger partial charge in [0.25, 0.3) is 5.69 Å². The molecule has 0 atom stereocenters. The summed E-state index contributed by atoms with van der Waals surface area (Å²) in [5, 5.41) is 13.3. The Kier molecular flexibility index (Phi) is 5.28. The van der Waals surface area contributed by atoms with Gasteiger partial charge in [0.05, 0.1) is 4.92 Å². The molecule has 25 heavy (non-hydrogen) atoms. The Labute approximate surface area is 146 Å². The van der Waals surface area contributed by atoms with E-state index < -0.39 is 11.0 Å². The van der Waals surface area contributed by atoms with Crippen molar-refractivity contribution >= 4 is 17.5 Å². The highest BCUT2D eigenvalue weighted by molar-refractivity contribution is 5.86. The van der Waals surface area contributed by atoms with Gasteiger partial charge < -0.3 is 4.74 Å². The maximum Gasteiger partial charge on any atom is 0.417 e. The summed E-state index contributed by atoms with van der Waals surface area (Å²) in [5.41, 5.74) is 1.92. The highest BCUT2D eigenvalue weighted by Crippen LogP contribution is 2.33. The Morgan fingerprint density at radius 2 is 1.64 bits per heavy atom. The van der Waals surface area contributed by atoms with Crippen LogP contribution in [0.4, 0.5) is 16.2 Å². The molecule has 1 N–H and O–H groups in total. The van der Waals surface area contributed by atoms with Gasteiger partial charge in [-0.05, 0) is 48.6 Å². The number of nitro groups is 1. The smallest absolute Gasteiger partial charge is 0.410 e. The molecular weight excluding hydrogens is 320 g/mol. The van der Waals surface area contributed by atoms with Gasteiger partial charge in [0.1, 0.15) is 5.75 Å². The fourth-order valence-corrected chi connectivity index (χ4v) is 3.16. The SMILES string of the molecule is O=C(Nc1ccc(C2CCCCC2)cc1)Oc1ccc([N+](=O)[O-])cc1. The van der Waals surface area contributed by atoms with Crippen LogP contribution in [0.25, 0.3) is 0 Å². The van der Waals surface area contributed by atoms with Crippen molar-refractivity contribution in [2.45, 2.75) is 38.0 Å².